The molecule has 1 aliphatic heterocycles. The Morgan fingerprint density at radius 2 is 2.04 bits per heavy atom. The standard InChI is InChI=1S/C21H22N2O5/c1-2-13-6-7-18-17(10-13)16(21(27)23-18)8-9-22-20(26)14-4-3-5-15(11-14)28-12-19(24)25/h3-7,10-11,16H,2,8-9,12H2,1H3,(H,22,26)(H,23,27)(H,24,25). The first kappa shape index (κ1) is 19.4. The van der Waals surface area contributed by atoms with Crippen molar-refractivity contribution in [1.82, 2.24) is 5.32 Å². The highest BCUT2D eigenvalue weighted by molar-refractivity contribution is 6.03. The van der Waals surface area contributed by atoms with Crippen LogP contribution in [0.5, 0.6) is 5.75 Å². The maximum atomic E-state index is 12.4. The summed E-state index contributed by atoms with van der Waals surface area (Å²) in [6.45, 7) is 1.93. The molecule has 0 bridgehead atoms. The molecule has 3 N–H and O–H groups in total. The Labute approximate surface area is 162 Å². The number of hydrogen-bond donors (Lipinski definition) is 3. The van der Waals surface area contributed by atoms with Crippen LogP contribution in [0, 0.1) is 0 Å². The maximum absolute atomic E-state index is 12.4. The van der Waals surface area contributed by atoms with Gasteiger partial charge < -0.3 is 20.5 Å². The molecule has 1 unspecified atom stereocenters. The number of benzene rings is 2. The predicted octanol–water partition coefficient (Wildman–Crippen LogP) is 2.57. The van der Waals surface area contributed by atoms with Crippen LogP contribution in [0.4, 0.5) is 5.69 Å². The van der Waals surface area contributed by atoms with E-state index in [1.54, 1.807) is 18.2 Å². The van der Waals surface area contributed by atoms with Crippen LogP contribution in [-0.2, 0) is 16.0 Å². The largest absolute Gasteiger partial charge is 0.482 e. The molecule has 0 aromatic heterocycles. The number of aryl methyl sites for hydroxylation is 1. The number of rotatable bonds is 8. The van der Waals surface area contributed by atoms with Gasteiger partial charge in [0, 0.05) is 17.8 Å². The Hall–Kier alpha value is -3.35. The van der Waals surface area contributed by atoms with E-state index in [4.69, 9.17) is 9.84 Å². The number of carboxylic acids is 1. The SMILES string of the molecule is CCc1ccc2c(c1)C(CCNC(=O)c1cccc(OCC(=O)O)c1)C(=O)N2. The fraction of sp³-hybridized carbons (Fsp3) is 0.286. The van der Waals surface area contributed by atoms with Crippen molar-refractivity contribution in [2.45, 2.75) is 25.7 Å². The van der Waals surface area contributed by atoms with Crippen LogP contribution in [-0.4, -0.2) is 36.0 Å². The molecule has 2 amide bonds. The first-order chi connectivity index (χ1) is 13.5. The lowest BCUT2D eigenvalue weighted by Gasteiger charge is -2.11. The second-order valence-electron chi connectivity index (χ2n) is 6.57. The maximum Gasteiger partial charge on any atom is 0.341 e. The van der Waals surface area contributed by atoms with E-state index in [-0.39, 0.29) is 17.7 Å². The van der Waals surface area contributed by atoms with Gasteiger partial charge >= 0.3 is 5.97 Å². The Balaban J connectivity index is 1.58. The summed E-state index contributed by atoms with van der Waals surface area (Å²) in [5, 5.41) is 14.4. The van der Waals surface area contributed by atoms with Crippen molar-refractivity contribution in [3.63, 3.8) is 0 Å². The molecular formula is C21H22N2O5. The molecule has 2 aromatic rings. The Bertz CT molecular complexity index is 909. The molecule has 1 aliphatic rings. The lowest BCUT2D eigenvalue weighted by atomic mass is 9.95. The molecular weight excluding hydrogens is 360 g/mol. The average molecular weight is 382 g/mol. The second kappa shape index (κ2) is 8.56. The molecule has 0 fully saturated rings. The van der Waals surface area contributed by atoms with Crippen molar-refractivity contribution in [2.75, 3.05) is 18.5 Å². The number of hydrogen-bond acceptors (Lipinski definition) is 4. The number of aliphatic carboxylic acids is 1. The molecule has 7 nitrogen and oxygen atoms in total. The number of nitrogens with one attached hydrogen (secondary N) is 2. The van der Waals surface area contributed by atoms with Crippen molar-refractivity contribution >= 4 is 23.5 Å². The molecule has 7 heteroatoms. The Morgan fingerprint density at radius 3 is 2.79 bits per heavy atom. The molecule has 1 heterocycles. The molecule has 0 saturated carbocycles. The van der Waals surface area contributed by atoms with E-state index >= 15 is 0 Å². The number of fused-ring (bicyclic) bond motifs is 1. The highest BCUT2D eigenvalue weighted by Crippen LogP contribution is 2.35. The second-order valence-corrected chi connectivity index (χ2v) is 6.57. The highest BCUT2D eigenvalue weighted by atomic mass is 16.5. The third-order valence-corrected chi connectivity index (χ3v) is 4.65. The van der Waals surface area contributed by atoms with E-state index in [1.165, 1.54) is 11.6 Å². The molecule has 28 heavy (non-hydrogen) atoms. The van der Waals surface area contributed by atoms with Crippen molar-refractivity contribution in [3.05, 3.63) is 59.2 Å². The third kappa shape index (κ3) is 4.49. The van der Waals surface area contributed by atoms with Gasteiger partial charge in [0.1, 0.15) is 5.75 Å². The van der Waals surface area contributed by atoms with Gasteiger partial charge in [0.25, 0.3) is 5.91 Å². The summed E-state index contributed by atoms with van der Waals surface area (Å²) < 4.78 is 5.09. The number of anilines is 1. The topological polar surface area (TPSA) is 105 Å². The quantitative estimate of drug-likeness (QED) is 0.651. The summed E-state index contributed by atoms with van der Waals surface area (Å²) in [5.74, 6) is -1.42. The zero-order valence-electron chi connectivity index (χ0n) is 15.5. The zero-order chi connectivity index (χ0) is 20.1. The normalized spacial score (nSPS) is 14.9. The lowest BCUT2D eigenvalue weighted by molar-refractivity contribution is -0.139. The van der Waals surface area contributed by atoms with E-state index < -0.39 is 12.6 Å². The smallest absolute Gasteiger partial charge is 0.341 e. The first-order valence-corrected chi connectivity index (χ1v) is 9.14. The van der Waals surface area contributed by atoms with Gasteiger partial charge in [-0.2, -0.15) is 0 Å². The minimum Gasteiger partial charge on any atom is -0.482 e. The fourth-order valence-electron chi connectivity index (χ4n) is 3.19. The monoisotopic (exact) mass is 382 g/mol. The number of carbonyl (C=O) groups is 3. The van der Waals surface area contributed by atoms with Crippen LogP contribution < -0.4 is 15.4 Å². The Morgan fingerprint density at radius 1 is 1.21 bits per heavy atom. The highest BCUT2D eigenvalue weighted by Gasteiger charge is 2.30. The van der Waals surface area contributed by atoms with Crippen LogP contribution in [0.25, 0.3) is 0 Å². The van der Waals surface area contributed by atoms with E-state index in [0.717, 1.165) is 17.7 Å². The summed E-state index contributed by atoms with van der Waals surface area (Å²) in [7, 11) is 0. The summed E-state index contributed by atoms with van der Waals surface area (Å²) in [4.78, 5) is 35.2. The summed E-state index contributed by atoms with van der Waals surface area (Å²) in [6, 6.07) is 12.3. The van der Waals surface area contributed by atoms with Crippen molar-refractivity contribution in [2.24, 2.45) is 0 Å². The van der Waals surface area contributed by atoms with Crippen molar-refractivity contribution in [3.8, 4) is 5.75 Å². The van der Waals surface area contributed by atoms with Gasteiger partial charge in [0.2, 0.25) is 5.91 Å². The molecule has 0 spiro atoms. The van der Waals surface area contributed by atoms with E-state index in [1.807, 2.05) is 18.2 Å². The van der Waals surface area contributed by atoms with Crippen LogP contribution in [0.15, 0.2) is 42.5 Å². The number of carboxylic acid groups (broad SMARTS) is 1. The van der Waals surface area contributed by atoms with Gasteiger partial charge in [-0.15, -0.1) is 0 Å². The van der Waals surface area contributed by atoms with Crippen molar-refractivity contribution < 1.29 is 24.2 Å². The van der Waals surface area contributed by atoms with Gasteiger partial charge in [-0.05, 0) is 48.2 Å². The molecule has 2 aromatic carbocycles. The lowest BCUT2D eigenvalue weighted by Crippen LogP contribution is -2.27. The molecule has 0 saturated heterocycles. The molecule has 3 rings (SSSR count). The predicted molar refractivity (Wildman–Crippen MR) is 104 cm³/mol. The van der Waals surface area contributed by atoms with Crippen LogP contribution >= 0.6 is 0 Å². The molecule has 146 valence electrons. The minimum atomic E-state index is -1.09. The van der Waals surface area contributed by atoms with Gasteiger partial charge in [-0.3, -0.25) is 9.59 Å². The van der Waals surface area contributed by atoms with Crippen LogP contribution in [0.3, 0.4) is 0 Å². The minimum absolute atomic E-state index is 0.0541. The summed E-state index contributed by atoms with van der Waals surface area (Å²) in [5.41, 5.74) is 3.35. The number of carbonyl (C=O) groups excluding carboxylic acids is 2. The van der Waals surface area contributed by atoms with Crippen LogP contribution in [0.2, 0.25) is 0 Å². The van der Waals surface area contributed by atoms with Gasteiger partial charge in [-0.25, -0.2) is 4.79 Å². The van der Waals surface area contributed by atoms with E-state index in [9.17, 15) is 14.4 Å². The summed E-state index contributed by atoms with van der Waals surface area (Å²) >= 11 is 0. The molecule has 0 radical (unpaired) electrons. The first-order valence-electron chi connectivity index (χ1n) is 9.14. The summed E-state index contributed by atoms with van der Waals surface area (Å²) in [6.07, 6.45) is 1.39. The molecule has 1 atom stereocenters. The average Bonchev–Trinajstić information content (AvgIpc) is 3.01. The van der Waals surface area contributed by atoms with Crippen molar-refractivity contribution in [1.29, 1.82) is 0 Å². The van der Waals surface area contributed by atoms with E-state index in [2.05, 4.69) is 17.6 Å². The Kier molecular flexibility index (Phi) is 5.93. The zero-order valence-corrected chi connectivity index (χ0v) is 15.5. The van der Waals surface area contributed by atoms with Gasteiger partial charge in [0.05, 0.1) is 5.92 Å². The van der Waals surface area contributed by atoms with Gasteiger partial charge in [0.15, 0.2) is 6.61 Å². The third-order valence-electron chi connectivity index (χ3n) is 4.65. The van der Waals surface area contributed by atoms with Gasteiger partial charge in [-0.1, -0.05) is 25.1 Å². The number of amides is 2. The van der Waals surface area contributed by atoms with Crippen LogP contribution in [0.1, 0.15) is 40.7 Å². The number of ether oxygens (including phenoxy) is 1. The fourth-order valence-corrected chi connectivity index (χ4v) is 3.19. The molecule has 0 aliphatic carbocycles. The van der Waals surface area contributed by atoms with E-state index in [0.29, 0.717) is 24.3 Å².